The highest BCUT2D eigenvalue weighted by Gasteiger charge is 2.25. The Morgan fingerprint density at radius 3 is 2.57 bits per heavy atom. The van der Waals surface area contributed by atoms with Gasteiger partial charge in [0.15, 0.2) is 5.78 Å². The molecule has 28 heavy (non-hydrogen) atoms. The molecule has 0 unspecified atom stereocenters. The number of carbonyl (C=O) groups excluding carboxylic acids is 2. The lowest BCUT2D eigenvalue weighted by molar-refractivity contribution is -0.127. The number of phenolic OH excluding ortho intramolecular Hbond substituents is 1. The van der Waals surface area contributed by atoms with Crippen molar-refractivity contribution >= 4 is 23.5 Å². The predicted molar refractivity (Wildman–Crippen MR) is 106 cm³/mol. The van der Waals surface area contributed by atoms with E-state index >= 15 is 0 Å². The maximum Gasteiger partial charge on any atom is 0.342 e. The van der Waals surface area contributed by atoms with Crippen LogP contribution in [-0.4, -0.2) is 51.9 Å². The number of cyclic esters (lactones) is 1. The van der Waals surface area contributed by atoms with Crippen LogP contribution in [0.2, 0.25) is 0 Å². The average Bonchev–Trinajstić information content (AvgIpc) is 2.64. The summed E-state index contributed by atoms with van der Waals surface area (Å²) in [6, 6.07) is 3.13. The number of nitrogens with one attached hydrogen (secondary N) is 1. The first-order valence-electron chi connectivity index (χ1n) is 9.31. The molecule has 1 aromatic carbocycles. The monoisotopic (exact) mass is 389 g/mol. The van der Waals surface area contributed by atoms with E-state index in [1.54, 1.807) is 26.0 Å². The lowest BCUT2D eigenvalue weighted by atomic mass is 9.99. The first kappa shape index (κ1) is 21.7. The third kappa shape index (κ3) is 5.21. The summed E-state index contributed by atoms with van der Waals surface area (Å²) in [6.07, 6.45) is 2.37. The van der Waals surface area contributed by atoms with Crippen LogP contribution in [0.25, 0.3) is 6.08 Å². The molecule has 2 rings (SSSR count). The third-order valence-electron chi connectivity index (χ3n) is 4.66. The summed E-state index contributed by atoms with van der Waals surface area (Å²) in [5, 5.41) is 33.5. The molecule has 0 saturated carbocycles. The normalized spacial score (nSPS) is 28.6. The molecule has 1 aliphatic heterocycles. The lowest BCUT2D eigenvalue weighted by Crippen LogP contribution is -2.32. The van der Waals surface area contributed by atoms with Gasteiger partial charge in [-0.3, -0.25) is 4.79 Å². The van der Waals surface area contributed by atoms with Crippen molar-refractivity contribution in [2.75, 3.05) is 11.9 Å². The fourth-order valence-electron chi connectivity index (χ4n) is 2.80. The van der Waals surface area contributed by atoms with E-state index in [2.05, 4.69) is 5.32 Å². The zero-order valence-corrected chi connectivity index (χ0v) is 16.3. The zero-order chi connectivity index (χ0) is 20.8. The average molecular weight is 389 g/mol. The van der Waals surface area contributed by atoms with E-state index in [0.29, 0.717) is 17.8 Å². The van der Waals surface area contributed by atoms with Gasteiger partial charge in [-0.15, -0.1) is 0 Å². The molecule has 0 spiro atoms. The first-order chi connectivity index (χ1) is 13.2. The van der Waals surface area contributed by atoms with Gasteiger partial charge in [0, 0.05) is 24.2 Å². The Kier molecular flexibility index (Phi) is 7.37. The zero-order valence-electron chi connectivity index (χ0n) is 16.3. The first-order valence-corrected chi connectivity index (χ1v) is 9.31. The minimum atomic E-state index is -1.55. The maximum atomic E-state index is 12.7. The number of aliphatic hydroxyl groups is 2. The summed E-state index contributed by atoms with van der Waals surface area (Å²) < 4.78 is 5.47. The van der Waals surface area contributed by atoms with Crippen LogP contribution in [0.5, 0.6) is 5.75 Å². The van der Waals surface area contributed by atoms with E-state index in [1.807, 2.05) is 6.92 Å². The second-order valence-corrected chi connectivity index (χ2v) is 6.87. The molecular formula is C21H27NO6. The number of ketones is 1. The van der Waals surface area contributed by atoms with E-state index in [-0.39, 0.29) is 23.7 Å². The summed E-state index contributed by atoms with van der Waals surface area (Å²) in [4.78, 5) is 24.7. The van der Waals surface area contributed by atoms with Gasteiger partial charge in [-0.25, -0.2) is 4.79 Å². The molecule has 4 N–H and O–H groups in total. The van der Waals surface area contributed by atoms with Gasteiger partial charge >= 0.3 is 5.97 Å². The Morgan fingerprint density at radius 1 is 1.18 bits per heavy atom. The predicted octanol–water partition coefficient (Wildman–Crippen LogP) is 2.27. The molecule has 0 fully saturated rings. The summed E-state index contributed by atoms with van der Waals surface area (Å²) in [6.45, 7) is 5.96. The highest BCUT2D eigenvalue weighted by molar-refractivity contribution is 5.97. The molecule has 0 bridgehead atoms. The van der Waals surface area contributed by atoms with Gasteiger partial charge in [-0.2, -0.15) is 0 Å². The topological polar surface area (TPSA) is 116 Å². The standard InChI is InChI=1S/C21H27NO6/c1-4-22-15-10-14-6-5-7-16(23)20(26)17(24)9-8-12(2)13(3)28-21(27)19(14)18(25)11-15/h5-6,8-13,16,20,22-23,25-26H,4,7H2,1-3H3/b6-5+,9-8-/t12-,13-,16-,20-/m0/s1. The number of rotatable bonds is 2. The minimum absolute atomic E-state index is 0.00656. The number of carbonyl (C=O) groups is 2. The molecule has 0 radical (unpaired) electrons. The molecule has 0 aromatic heterocycles. The smallest absolute Gasteiger partial charge is 0.342 e. The van der Waals surface area contributed by atoms with E-state index in [0.717, 1.165) is 0 Å². The van der Waals surface area contributed by atoms with Crippen molar-refractivity contribution in [3.8, 4) is 5.75 Å². The van der Waals surface area contributed by atoms with Gasteiger partial charge in [0.2, 0.25) is 0 Å². The van der Waals surface area contributed by atoms with Crippen molar-refractivity contribution in [3.05, 3.63) is 41.5 Å². The number of hydrogen-bond acceptors (Lipinski definition) is 7. The van der Waals surface area contributed by atoms with Crippen LogP contribution in [0.3, 0.4) is 0 Å². The van der Waals surface area contributed by atoms with E-state index in [1.165, 1.54) is 24.3 Å². The number of aromatic hydroxyl groups is 1. The van der Waals surface area contributed by atoms with Crippen LogP contribution in [-0.2, 0) is 9.53 Å². The fraction of sp³-hybridized carbons (Fsp3) is 0.429. The molecule has 7 nitrogen and oxygen atoms in total. The highest BCUT2D eigenvalue weighted by Crippen LogP contribution is 2.29. The summed E-state index contributed by atoms with van der Waals surface area (Å²) in [5.74, 6) is -1.84. The number of ether oxygens (including phenoxy) is 1. The second kappa shape index (κ2) is 9.52. The van der Waals surface area contributed by atoms with Gasteiger partial charge < -0.3 is 25.4 Å². The fourth-order valence-corrected chi connectivity index (χ4v) is 2.80. The molecule has 0 amide bonds. The number of phenols is 1. The summed E-state index contributed by atoms with van der Waals surface area (Å²) >= 11 is 0. The lowest BCUT2D eigenvalue weighted by Gasteiger charge is -2.20. The Balaban J connectivity index is 2.50. The Labute approximate surface area is 164 Å². The van der Waals surface area contributed by atoms with Crippen molar-refractivity contribution in [1.29, 1.82) is 0 Å². The van der Waals surface area contributed by atoms with Crippen molar-refractivity contribution in [2.24, 2.45) is 5.92 Å². The third-order valence-corrected chi connectivity index (χ3v) is 4.66. The summed E-state index contributed by atoms with van der Waals surface area (Å²) in [7, 11) is 0. The van der Waals surface area contributed by atoms with Gasteiger partial charge in [0.25, 0.3) is 0 Å². The van der Waals surface area contributed by atoms with E-state index in [9.17, 15) is 24.9 Å². The van der Waals surface area contributed by atoms with Gasteiger partial charge in [-0.1, -0.05) is 25.2 Å². The Bertz CT molecular complexity index is 785. The maximum absolute atomic E-state index is 12.7. The molecule has 4 atom stereocenters. The van der Waals surface area contributed by atoms with Gasteiger partial charge in [-0.05, 0) is 38.0 Å². The van der Waals surface area contributed by atoms with Crippen molar-refractivity contribution in [3.63, 3.8) is 0 Å². The molecule has 1 heterocycles. The van der Waals surface area contributed by atoms with Crippen LogP contribution >= 0.6 is 0 Å². The number of benzene rings is 1. The minimum Gasteiger partial charge on any atom is -0.507 e. The van der Waals surface area contributed by atoms with Crippen molar-refractivity contribution in [2.45, 2.75) is 45.5 Å². The van der Waals surface area contributed by atoms with Gasteiger partial charge in [0.1, 0.15) is 23.5 Å². The van der Waals surface area contributed by atoms with Crippen LogP contribution in [0.4, 0.5) is 5.69 Å². The number of fused-ring (bicyclic) bond motifs is 1. The van der Waals surface area contributed by atoms with E-state index < -0.39 is 30.1 Å². The number of anilines is 1. The van der Waals surface area contributed by atoms with Crippen molar-refractivity contribution < 1.29 is 29.6 Å². The quantitative estimate of drug-likeness (QED) is 0.573. The number of hydrogen-bond donors (Lipinski definition) is 4. The molecule has 1 aromatic rings. The van der Waals surface area contributed by atoms with Crippen molar-refractivity contribution in [1.82, 2.24) is 0 Å². The highest BCUT2D eigenvalue weighted by atomic mass is 16.5. The molecule has 7 heteroatoms. The van der Waals surface area contributed by atoms with Crippen LogP contribution < -0.4 is 5.32 Å². The SMILES string of the molecule is CCNc1cc(O)c2c(c1)/C=C/C[C@H](O)[C@H](O)C(=O)/C=C\[C@H](C)[C@H](C)OC2=O. The van der Waals surface area contributed by atoms with Crippen LogP contribution in [0, 0.1) is 5.92 Å². The van der Waals surface area contributed by atoms with Crippen LogP contribution in [0.15, 0.2) is 30.4 Å². The molecule has 0 aliphatic carbocycles. The number of esters is 1. The van der Waals surface area contributed by atoms with Gasteiger partial charge in [0.05, 0.1) is 6.10 Å². The number of aliphatic hydroxyl groups excluding tert-OH is 2. The summed E-state index contributed by atoms with van der Waals surface area (Å²) in [5.41, 5.74) is 1.04. The largest absolute Gasteiger partial charge is 0.507 e. The van der Waals surface area contributed by atoms with E-state index in [4.69, 9.17) is 4.74 Å². The Hall–Kier alpha value is -2.64. The molecule has 152 valence electrons. The second-order valence-electron chi connectivity index (χ2n) is 6.87. The molecular weight excluding hydrogens is 362 g/mol. The van der Waals surface area contributed by atoms with Crippen LogP contribution in [0.1, 0.15) is 43.1 Å². The molecule has 0 saturated heterocycles. The molecule has 1 aliphatic rings. The Morgan fingerprint density at radius 2 is 1.89 bits per heavy atom.